The van der Waals surface area contributed by atoms with Gasteiger partial charge in [-0.25, -0.2) is 9.37 Å². The Kier molecular flexibility index (Phi) is 3.49. The molecule has 1 N–H and O–H groups in total. The standard InChI is InChI=1S/C12H15FN4/c1-3-14-11(12-15-8-16-17(12)2)9-4-6-10(13)7-5-9/h4-8,11,14H,3H2,1-2H3. The molecule has 90 valence electrons. The summed E-state index contributed by atoms with van der Waals surface area (Å²) in [6.07, 6.45) is 1.52. The highest BCUT2D eigenvalue weighted by Gasteiger charge is 2.17. The Labute approximate surface area is 99.5 Å². The molecule has 2 rings (SSSR count). The van der Waals surface area contributed by atoms with Crippen LogP contribution in [0.25, 0.3) is 0 Å². The number of aryl methyl sites for hydroxylation is 1. The van der Waals surface area contributed by atoms with Crippen LogP contribution in [0.1, 0.15) is 24.4 Å². The van der Waals surface area contributed by atoms with Crippen LogP contribution >= 0.6 is 0 Å². The van der Waals surface area contributed by atoms with Crippen molar-refractivity contribution >= 4 is 0 Å². The summed E-state index contributed by atoms with van der Waals surface area (Å²) in [5, 5.41) is 7.37. The van der Waals surface area contributed by atoms with E-state index in [0.717, 1.165) is 17.9 Å². The van der Waals surface area contributed by atoms with E-state index in [1.165, 1.54) is 18.5 Å². The number of halogens is 1. The topological polar surface area (TPSA) is 42.7 Å². The Hall–Kier alpha value is -1.75. The molecule has 0 fully saturated rings. The Bertz CT molecular complexity index is 478. The second-order valence-electron chi connectivity index (χ2n) is 3.78. The zero-order chi connectivity index (χ0) is 12.3. The highest BCUT2D eigenvalue weighted by atomic mass is 19.1. The van der Waals surface area contributed by atoms with E-state index in [1.54, 1.807) is 16.8 Å². The van der Waals surface area contributed by atoms with Crippen LogP contribution in [-0.4, -0.2) is 21.3 Å². The molecule has 0 aliphatic heterocycles. The fraction of sp³-hybridized carbons (Fsp3) is 0.333. The molecule has 1 heterocycles. The Morgan fingerprint density at radius 2 is 2.06 bits per heavy atom. The van der Waals surface area contributed by atoms with E-state index in [0.29, 0.717) is 0 Å². The third-order valence-electron chi connectivity index (χ3n) is 2.62. The summed E-state index contributed by atoms with van der Waals surface area (Å²) in [4.78, 5) is 4.23. The Balaban J connectivity index is 2.35. The van der Waals surface area contributed by atoms with Gasteiger partial charge in [0.1, 0.15) is 18.0 Å². The van der Waals surface area contributed by atoms with Crippen LogP contribution in [0.4, 0.5) is 4.39 Å². The quantitative estimate of drug-likeness (QED) is 0.874. The maximum Gasteiger partial charge on any atom is 0.148 e. The number of nitrogens with one attached hydrogen (secondary N) is 1. The van der Waals surface area contributed by atoms with Crippen molar-refractivity contribution in [1.82, 2.24) is 20.1 Å². The summed E-state index contributed by atoms with van der Waals surface area (Å²) in [5.41, 5.74) is 0.976. The van der Waals surface area contributed by atoms with Gasteiger partial charge in [-0.05, 0) is 24.2 Å². The lowest BCUT2D eigenvalue weighted by Crippen LogP contribution is -2.25. The molecule has 0 radical (unpaired) electrons. The van der Waals surface area contributed by atoms with Gasteiger partial charge in [-0.2, -0.15) is 5.10 Å². The van der Waals surface area contributed by atoms with Crippen molar-refractivity contribution < 1.29 is 4.39 Å². The van der Waals surface area contributed by atoms with E-state index in [4.69, 9.17) is 0 Å². The third-order valence-corrected chi connectivity index (χ3v) is 2.62. The average molecular weight is 234 g/mol. The molecule has 0 aliphatic rings. The molecule has 4 nitrogen and oxygen atoms in total. The number of rotatable bonds is 4. The number of benzene rings is 1. The molecule has 0 spiro atoms. The lowest BCUT2D eigenvalue weighted by molar-refractivity contribution is 0.557. The van der Waals surface area contributed by atoms with Crippen molar-refractivity contribution in [1.29, 1.82) is 0 Å². The summed E-state index contributed by atoms with van der Waals surface area (Å²) in [7, 11) is 1.84. The van der Waals surface area contributed by atoms with Crippen molar-refractivity contribution in [3.63, 3.8) is 0 Å². The van der Waals surface area contributed by atoms with Crippen molar-refractivity contribution in [3.8, 4) is 0 Å². The summed E-state index contributed by atoms with van der Waals surface area (Å²) in [5.74, 6) is 0.584. The van der Waals surface area contributed by atoms with Gasteiger partial charge in [-0.3, -0.25) is 4.68 Å². The Morgan fingerprint density at radius 1 is 1.35 bits per heavy atom. The van der Waals surface area contributed by atoms with E-state index in [-0.39, 0.29) is 11.9 Å². The van der Waals surface area contributed by atoms with Gasteiger partial charge in [0.15, 0.2) is 0 Å². The van der Waals surface area contributed by atoms with Gasteiger partial charge >= 0.3 is 0 Å². The molecular weight excluding hydrogens is 219 g/mol. The minimum absolute atomic E-state index is 0.0619. The fourth-order valence-electron chi connectivity index (χ4n) is 1.78. The smallest absolute Gasteiger partial charge is 0.148 e. The monoisotopic (exact) mass is 234 g/mol. The molecule has 0 bridgehead atoms. The van der Waals surface area contributed by atoms with Gasteiger partial charge in [0.2, 0.25) is 0 Å². The average Bonchev–Trinajstić information content (AvgIpc) is 2.74. The first kappa shape index (κ1) is 11.7. The molecule has 1 unspecified atom stereocenters. The molecule has 0 aliphatic carbocycles. The molecule has 0 amide bonds. The van der Waals surface area contributed by atoms with Crippen LogP contribution in [0.2, 0.25) is 0 Å². The molecule has 0 saturated heterocycles. The van der Waals surface area contributed by atoms with E-state index >= 15 is 0 Å². The normalized spacial score (nSPS) is 12.6. The van der Waals surface area contributed by atoms with Gasteiger partial charge in [-0.15, -0.1) is 0 Å². The first-order valence-electron chi connectivity index (χ1n) is 5.55. The zero-order valence-corrected chi connectivity index (χ0v) is 9.89. The molecule has 1 aromatic heterocycles. The van der Waals surface area contributed by atoms with Crippen LogP contribution in [-0.2, 0) is 7.05 Å². The lowest BCUT2D eigenvalue weighted by atomic mass is 10.1. The van der Waals surface area contributed by atoms with E-state index in [1.807, 2.05) is 14.0 Å². The Morgan fingerprint density at radius 3 is 2.59 bits per heavy atom. The second-order valence-corrected chi connectivity index (χ2v) is 3.78. The van der Waals surface area contributed by atoms with Crippen LogP contribution in [0.5, 0.6) is 0 Å². The lowest BCUT2D eigenvalue weighted by Gasteiger charge is -2.17. The van der Waals surface area contributed by atoms with Crippen molar-refractivity contribution in [3.05, 3.63) is 47.8 Å². The van der Waals surface area contributed by atoms with Crippen LogP contribution in [0.15, 0.2) is 30.6 Å². The first-order valence-corrected chi connectivity index (χ1v) is 5.55. The van der Waals surface area contributed by atoms with Gasteiger partial charge in [0.05, 0.1) is 6.04 Å². The highest BCUT2D eigenvalue weighted by Crippen LogP contribution is 2.19. The van der Waals surface area contributed by atoms with Crippen molar-refractivity contribution in [2.45, 2.75) is 13.0 Å². The second kappa shape index (κ2) is 5.05. The summed E-state index contributed by atoms with van der Waals surface area (Å²) in [6.45, 7) is 2.82. The molecule has 17 heavy (non-hydrogen) atoms. The summed E-state index contributed by atoms with van der Waals surface area (Å²) >= 11 is 0. The van der Waals surface area contributed by atoms with Gasteiger partial charge < -0.3 is 5.32 Å². The molecule has 2 aromatic rings. The van der Waals surface area contributed by atoms with Crippen molar-refractivity contribution in [2.75, 3.05) is 6.54 Å². The summed E-state index contributed by atoms with van der Waals surface area (Å²) < 4.78 is 14.6. The highest BCUT2D eigenvalue weighted by molar-refractivity contribution is 5.25. The van der Waals surface area contributed by atoms with E-state index in [9.17, 15) is 4.39 Å². The maximum absolute atomic E-state index is 12.9. The van der Waals surface area contributed by atoms with Crippen LogP contribution in [0.3, 0.4) is 0 Å². The molecule has 1 atom stereocenters. The van der Waals surface area contributed by atoms with Gasteiger partial charge in [0, 0.05) is 7.05 Å². The summed E-state index contributed by atoms with van der Waals surface area (Å²) in [6, 6.07) is 6.37. The predicted octanol–water partition coefficient (Wildman–Crippen LogP) is 1.65. The molecular formula is C12H15FN4. The SMILES string of the molecule is CCNC(c1ccc(F)cc1)c1ncnn1C. The molecule has 1 aromatic carbocycles. The van der Waals surface area contributed by atoms with E-state index < -0.39 is 0 Å². The third kappa shape index (κ3) is 2.50. The predicted molar refractivity (Wildman–Crippen MR) is 62.9 cm³/mol. The van der Waals surface area contributed by atoms with E-state index in [2.05, 4.69) is 15.4 Å². The molecule has 5 heteroatoms. The number of aromatic nitrogens is 3. The van der Waals surface area contributed by atoms with Gasteiger partial charge in [0.25, 0.3) is 0 Å². The number of nitrogens with zero attached hydrogens (tertiary/aromatic N) is 3. The largest absolute Gasteiger partial charge is 0.304 e. The fourth-order valence-corrected chi connectivity index (χ4v) is 1.78. The number of hydrogen-bond acceptors (Lipinski definition) is 3. The van der Waals surface area contributed by atoms with Crippen molar-refractivity contribution in [2.24, 2.45) is 7.05 Å². The van der Waals surface area contributed by atoms with Gasteiger partial charge in [-0.1, -0.05) is 19.1 Å². The minimum Gasteiger partial charge on any atom is -0.304 e. The maximum atomic E-state index is 12.9. The zero-order valence-electron chi connectivity index (χ0n) is 9.89. The first-order chi connectivity index (χ1) is 8.22. The molecule has 0 saturated carbocycles. The minimum atomic E-state index is -0.234. The number of hydrogen-bond donors (Lipinski definition) is 1. The van der Waals surface area contributed by atoms with Crippen LogP contribution < -0.4 is 5.32 Å². The van der Waals surface area contributed by atoms with Crippen LogP contribution in [0, 0.1) is 5.82 Å².